The molecule has 1 N–H and O–H groups in total. The van der Waals surface area contributed by atoms with E-state index in [0.717, 1.165) is 24.3 Å². The average Bonchev–Trinajstić information content (AvgIpc) is 2.51. The average molecular weight is 291 g/mol. The number of rotatable bonds is 7. The van der Waals surface area contributed by atoms with Crippen LogP contribution in [0.25, 0.3) is 0 Å². The van der Waals surface area contributed by atoms with Crippen LogP contribution in [0.1, 0.15) is 46.0 Å². The van der Waals surface area contributed by atoms with Crippen molar-refractivity contribution >= 4 is 11.6 Å². The first-order chi connectivity index (χ1) is 10.2. The van der Waals surface area contributed by atoms with Gasteiger partial charge in [0.1, 0.15) is 13.2 Å². The fourth-order valence-corrected chi connectivity index (χ4v) is 2.39. The number of carbonyl (C=O) groups excluding carboxylic acids is 1. The highest BCUT2D eigenvalue weighted by atomic mass is 16.6. The third kappa shape index (κ3) is 4.66. The Balaban J connectivity index is 1.84. The molecule has 1 aliphatic rings. The second-order valence-corrected chi connectivity index (χ2v) is 5.60. The summed E-state index contributed by atoms with van der Waals surface area (Å²) in [7, 11) is 0. The Kier molecular flexibility index (Phi) is 5.90. The van der Waals surface area contributed by atoms with Crippen LogP contribution in [0.5, 0.6) is 11.5 Å². The Bertz CT molecular complexity index is 473. The van der Waals surface area contributed by atoms with Crippen molar-refractivity contribution in [3.05, 3.63) is 18.2 Å². The molecule has 0 bridgehead atoms. The number of unbranched alkanes of at least 4 members (excludes halogenated alkanes) is 3. The van der Waals surface area contributed by atoms with Gasteiger partial charge in [0.2, 0.25) is 5.91 Å². The largest absolute Gasteiger partial charge is 0.486 e. The van der Waals surface area contributed by atoms with Gasteiger partial charge in [0.15, 0.2) is 11.5 Å². The van der Waals surface area contributed by atoms with E-state index in [2.05, 4.69) is 12.2 Å². The number of amides is 1. The summed E-state index contributed by atoms with van der Waals surface area (Å²) in [4.78, 5) is 12.2. The van der Waals surface area contributed by atoms with Crippen molar-refractivity contribution in [2.24, 2.45) is 5.92 Å². The van der Waals surface area contributed by atoms with Crippen LogP contribution in [0.2, 0.25) is 0 Å². The topological polar surface area (TPSA) is 47.6 Å². The van der Waals surface area contributed by atoms with Gasteiger partial charge >= 0.3 is 0 Å². The number of benzene rings is 1. The Morgan fingerprint density at radius 2 is 1.95 bits per heavy atom. The number of carbonyl (C=O) groups is 1. The van der Waals surface area contributed by atoms with E-state index in [1.165, 1.54) is 19.3 Å². The van der Waals surface area contributed by atoms with Gasteiger partial charge in [-0.05, 0) is 18.6 Å². The zero-order valence-corrected chi connectivity index (χ0v) is 13.0. The molecule has 1 heterocycles. The van der Waals surface area contributed by atoms with Crippen molar-refractivity contribution in [2.45, 2.75) is 46.0 Å². The summed E-state index contributed by atoms with van der Waals surface area (Å²) < 4.78 is 11.0. The van der Waals surface area contributed by atoms with E-state index in [9.17, 15) is 4.79 Å². The van der Waals surface area contributed by atoms with Gasteiger partial charge in [-0.1, -0.05) is 39.5 Å². The van der Waals surface area contributed by atoms with Crippen molar-refractivity contribution < 1.29 is 14.3 Å². The molecule has 1 aromatic carbocycles. The van der Waals surface area contributed by atoms with Crippen molar-refractivity contribution in [2.75, 3.05) is 18.5 Å². The van der Waals surface area contributed by atoms with Crippen LogP contribution < -0.4 is 14.8 Å². The predicted octanol–water partition coefficient (Wildman–Crippen LogP) is 4.00. The molecule has 1 aromatic rings. The second kappa shape index (κ2) is 7.91. The first-order valence-corrected chi connectivity index (χ1v) is 7.91. The molecule has 0 aliphatic carbocycles. The molecule has 116 valence electrons. The summed E-state index contributed by atoms with van der Waals surface area (Å²) in [6.07, 6.45) is 5.73. The van der Waals surface area contributed by atoms with Crippen molar-refractivity contribution in [3.63, 3.8) is 0 Å². The minimum atomic E-state index is 0.0371. The monoisotopic (exact) mass is 291 g/mol. The molecule has 4 heteroatoms. The molecule has 0 aromatic heterocycles. The molecule has 1 atom stereocenters. The lowest BCUT2D eigenvalue weighted by atomic mass is 10.0. The van der Waals surface area contributed by atoms with Crippen molar-refractivity contribution in [3.8, 4) is 11.5 Å². The Labute approximate surface area is 126 Å². The molecular formula is C17H25NO3. The maximum Gasteiger partial charge on any atom is 0.227 e. The smallest absolute Gasteiger partial charge is 0.227 e. The number of hydrogen-bond acceptors (Lipinski definition) is 3. The minimum Gasteiger partial charge on any atom is -0.486 e. The standard InChI is InChI=1S/C17H25NO3/c1-3-4-5-6-7-13(2)17(19)18-14-8-9-15-16(12-14)21-11-10-20-15/h8-9,12-13H,3-7,10-11H2,1-2H3,(H,18,19). The van der Waals surface area contributed by atoms with Crippen LogP contribution in [0.4, 0.5) is 5.69 Å². The van der Waals surface area contributed by atoms with Crippen LogP contribution in [0, 0.1) is 5.92 Å². The van der Waals surface area contributed by atoms with Crippen molar-refractivity contribution in [1.29, 1.82) is 0 Å². The Hall–Kier alpha value is -1.71. The third-order valence-corrected chi connectivity index (χ3v) is 3.75. The zero-order chi connectivity index (χ0) is 15.1. The molecule has 1 unspecified atom stereocenters. The number of ether oxygens (including phenoxy) is 2. The Morgan fingerprint density at radius 1 is 1.19 bits per heavy atom. The molecule has 21 heavy (non-hydrogen) atoms. The molecule has 2 rings (SSSR count). The lowest BCUT2D eigenvalue weighted by Gasteiger charge is -2.19. The van der Waals surface area contributed by atoms with Crippen LogP contribution in [0.3, 0.4) is 0 Å². The summed E-state index contributed by atoms with van der Waals surface area (Å²) in [6.45, 7) is 5.31. The first kappa shape index (κ1) is 15.7. The maximum atomic E-state index is 12.2. The molecule has 0 radical (unpaired) electrons. The predicted molar refractivity (Wildman–Crippen MR) is 84.0 cm³/mol. The van der Waals surface area contributed by atoms with E-state index >= 15 is 0 Å². The molecular weight excluding hydrogens is 266 g/mol. The van der Waals surface area contributed by atoms with Gasteiger partial charge in [0.05, 0.1) is 0 Å². The normalized spacial score (nSPS) is 14.6. The maximum absolute atomic E-state index is 12.2. The number of nitrogens with one attached hydrogen (secondary N) is 1. The molecule has 4 nitrogen and oxygen atoms in total. The van der Waals surface area contributed by atoms with E-state index in [1.807, 2.05) is 25.1 Å². The SMILES string of the molecule is CCCCCCC(C)C(=O)Nc1ccc2c(c1)OCCO2. The van der Waals surface area contributed by atoms with Gasteiger partial charge < -0.3 is 14.8 Å². The van der Waals surface area contributed by atoms with E-state index in [0.29, 0.717) is 19.0 Å². The van der Waals surface area contributed by atoms with E-state index < -0.39 is 0 Å². The molecule has 1 amide bonds. The second-order valence-electron chi connectivity index (χ2n) is 5.60. The number of anilines is 1. The lowest BCUT2D eigenvalue weighted by Crippen LogP contribution is -2.21. The fraction of sp³-hybridized carbons (Fsp3) is 0.588. The van der Waals surface area contributed by atoms with Gasteiger partial charge in [0.25, 0.3) is 0 Å². The summed E-state index contributed by atoms with van der Waals surface area (Å²) in [5.74, 6) is 1.56. The van der Waals surface area contributed by atoms with E-state index in [1.54, 1.807) is 0 Å². The number of hydrogen-bond donors (Lipinski definition) is 1. The van der Waals surface area contributed by atoms with Gasteiger partial charge in [0, 0.05) is 17.7 Å². The van der Waals surface area contributed by atoms with E-state index in [-0.39, 0.29) is 11.8 Å². The number of fused-ring (bicyclic) bond motifs is 1. The van der Waals surface area contributed by atoms with Gasteiger partial charge in [-0.15, -0.1) is 0 Å². The lowest BCUT2D eigenvalue weighted by molar-refractivity contribution is -0.119. The van der Waals surface area contributed by atoms with Gasteiger partial charge in [-0.25, -0.2) is 0 Å². The van der Waals surface area contributed by atoms with Crippen LogP contribution in [0.15, 0.2) is 18.2 Å². The highest BCUT2D eigenvalue weighted by Gasteiger charge is 2.15. The fourth-order valence-electron chi connectivity index (χ4n) is 2.39. The summed E-state index contributed by atoms with van der Waals surface area (Å²) in [5.41, 5.74) is 0.768. The van der Waals surface area contributed by atoms with E-state index in [4.69, 9.17) is 9.47 Å². The van der Waals surface area contributed by atoms with Gasteiger partial charge in [-0.3, -0.25) is 4.79 Å². The summed E-state index contributed by atoms with van der Waals surface area (Å²) in [6, 6.07) is 5.53. The quantitative estimate of drug-likeness (QED) is 0.772. The van der Waals surface area contributed by atoms with Crippen LogP contribution >= 0.6 is 0 Å². The highest BCUT2D eigenvalue weighted by molar-refractivity contribution is 5.92. The zero-order valence-electron chi connectivity index (χ0n) is 13.0. The van der Waals surface area contributed by atoms with Gasteiger partial charge in [-0.2, -0.15) is 0 Å². The van der Waals surface area contributed by atoms with Crippen molar-refractivity contribution in [1.82, 2.24) is 0 Å². The molecule has 1 aliphatic heterocycles. The third-order valence-electron chi connectivity index (χ3n) is 3.75. The molecule has 0 saturated carbocycles. The van der Waals surface area contributed by atoms with Crippen LogP contribution in [-0.2, 0) is 4.79 Å². The minimum absolute atomic E-state index is 0.0371. The molecule has 0 saturated heterocycles. The summed E-state index contributed by atoms with van der Waals surface area (Å²) in [5, 5.41) is 2.96. The summed E-state index contributed by atoms with van der Waals surface area (Å²) >= 11 is 0. The first-order valence-electron chi connectivity index (χ1n) is 7.91. The molecule has 0 fully saturated rings. The highest BCUT2D eigenvalue weighted by Crippen LogP contribution is 2.32. The van der Waals surface area contributed by atoms with Crippen LogP contribution in [-0.4, -0.2) is 19.1 Å². The molecule has 0 spiro atoms. The Morgan fingerprint density at radius 3 is 2.71 bits per heavy atom.